The molecule has 0 aliphatic rings. The zero-order valence-electron chi connectivity index (χ0n) is 7.79. The van der Waals surface area contributed by atoms with E-state index in [1.165, 1.54) is 5.57 Å². The molecule has 0 rings (SSSR count). The van der Waals surface area contributed by atoms with E-state index in [9.17, 15) is 0 Å². The van der Waals surface area contributed by atoms with Crippen LogP contribution >= 0.6 is 0 Å². The lowest BCUT2D eigenvalue weighted by atomic mass is 10.1. The van der Waals surface area contributed by atoms with E-state index in [1.54, 1.807) is 6.08 Å². The van der Waals surface area contributed by atoms with Crippen LogP contribution < -0.4 is 0 Å². The van der Waals surface area contributed by atoms with Gasteiger partial charge in [-0.15, -0.1) is 0 Å². The largest absolute Gasteiger partial charge is 0.396 e. The maximum Gasteiger partial charge on any atom is 0.0431 e. The predicted octanol–water partition coefficient (Wildman–Crippen LogP) is 2.84. The number of aliphatic hydroxyl groups excluding tert-OH is 1. The van der Waals surface area contributed by atoms with Crippen LogP contribution in [0.15, 0.2) is 36.5 Å². The number of hydrogen-bond donors (Lipinski definition) is 1. The van der Waals surface area contributed by atoms with Crippen LogP contribution in [0.5, 0.6) is 0 Å². The Balaban J connectivity index is 3.79. The fourth-order valence-corrected chi connectivity index (χ4v) is 1.03. The minimum Gasteiger partial charge on any atom is -0.396 e. The first-order chi connectivity index (χ1) is 5.85. The summed E-state index contributed by atoms with van der Waals surface area (Å²) < 4.78 is 0. The van der Waals surface area contributed by atoms with Gasteiger partial charge in [-0.25, -0.2) is 0 Å². The Bertz CT molecular complexity index is 166. The van der Waals surface area contributed by atoms with Crippen molar-refractivity contribution in [2.45, 2.75) is 26.2 Å². The zero-order chi connectivity index (χ0) is 9.23. The smallest absolute Gasteiger partial charge is 0.0431 e. The van der Waals surface area contributed by atoms with Crippen molar-refractivity contribution < 1.29 is 5.11 Å². The van der Waals surface area contributed by atoms with Crippen LogP contribution in [0.4, 0.5) is 0 Å². The SMILES string of the molecule is C=C/C=C(\C=C/C)CCCCO. The van der Waals surface area contributed by atoms with E-state index >= 15 is 0 Å². The highest BCUT2D eigenvalue weighted by atomic mass is 16.2. The Morgan fingerprint density at radius 3 is 2.67 bits per heavy atom. The highest BCUT2D eigenvalue weighted by molar-refractivity contribution is 5.22. The highest BCUT2D eigenvalue weighted by Gasteiger charge is 1.90. The fraction of sp³-hybridized carbons (Fsp3) is 0.455. The molecule has 68 valence electrons. The van der Waals surface area contributed by atoms with E-state index < -0.39 is 0 Å². The third-order valence-electron chi connectivity index (χ3n) is 1.59. The number of hydrogen-bond acceptors (Lipinski definition) is 1. The first kappa shape index (κ1) is 11.2. The second-order valence-electron chi connectivity index (χ2n) is 2.66. The molecule has 1 nitrogen and oxygen atoms in total. The van der Waals surface area contributed by atoms with Crippen LogP contribution in [0.3, 0.4) is 0 Å². The Morgan fingerprint density at radius 1 is 1.42 bits per heavy atom. The summed E-state index contributed by atoms with van der Waals surface area (Å²) in [5.74, 6) is 0. The average molecular weight is 166 g/mol. The molecule has 0 aliphatic heterocycles. The summed E-state index contributed by atoms with van der Waals surface area (Å²) in [4.78, 5) is 0. The van der Waals surface area contributed by atoms with Gasteiger partial charge in [-0.2, -0.15) is 0 Å². The van der Waals surface area contributed by atoms with Gasteiger partial charge in [0.05, 0.1) is 0 Å². The van der Waals surface area contributed by atoms with Gasteiger partial charge in [0.2, 0.25) is 0 Å². The maximum atomic E-state index is 8.58. The van der Waals surface area contributed by atoms with Crippen molar-refractivity contribution >= 4 is 0 Å². The molecule has 1 N–H and O–H groups in total. The second kappa shape index (κ2) is 8.28. The van der Waals surface area contributed by atoms with Crippen LogP contribution in [0.1, 0.15) is 26.2 Å². The quantitative estimate of drug-likeness (QED) is 0.475. The van der Waals surface area contributed by atoms with Crippen LogP contribution in [0, 0.1) is 0 Å². The van der Waals surface area contributed by atoms with Crippen molar-refractivity contribution in [3.05, 3.63) is 36.5 Å². The van der Waals surface area contributed by atoms with Gasteiger partial charge in [0.25, 0.3) is 0 Å². The van der Waals surface area contributed by atoms with Crippen LogP contribution in [-0.2, 0) is 0 Å². The monoisotopic (exact) mass is 166 g/mol. The molecule has 0 bridgehead atoms. The van der Waals surface area contributed by atoms with Crippen molar-refractivity contribution in [2.75, 3.05) is 6.61 Å². The number of unbranched alkanes of at least 4 members (excludes halogenated alkanes) is 1. The first-order valence-electron chi connectivity index (χ1n) is 4.40. The van der Waals surface area contributed by atoms with Gasteiger partial charge < -0.3 is 5.11 Å². The Morgan fingerprint density at radius 2 is 2.17 bits per heavy atom. The molecule has 0 aromatic rings. The molecular formula is C11H18O. The van der Waals surface area contributed by atoms with E-state index in [2.05, 4.69) is 12.7 Å². The van der Waals surface area contributed by atoms with Gasteiger partial charge in [0, 0.05) is 6.61 Å². The lowest BCUT2D eigenvalue weighted by Gasteiger charge is -1.99. The van der Waals surface area contributed by atoms with E-state index in [1.807, 2.05) is 19.1 Å². The Labute approximate surface area is 75.1 Å². The van der Waals surface area contributed by atoms with Crippen LogP contribution in [-0.4, -0.2) is 11.7 Å². The van der Waals surface area contributed by atoms with Gasteiger partial charge in [-0.1, -0.05) is 30.9 Å². The third-order valence-corrected chi connectivity index (χ3v) is 1.59. The van der Waals surface area contributed by atoms with Crippen molar-refractivity contribution in [1.82, 2.24) is 0 Å². The molecular weight excluding hydrogens is 148 g/mol. The number of allylic oxidation sites excluding steroid dienone is 5. The lowest BCUT2D eigenvalue weighted by molar-refractivity contribution is 0.285. The van der Waals surface area contributed by atoms with Crippen molar-refractivity contribution in [3.8, 4) is 0 Å². The molecule has 0 fully saturated rings. The lowest BCUT2D eigenvalue weighted by Crippen LogP contribution is -1.84. The standard InChI is InChI=1S/C11H18O/c1-3-7-11(8-4-2)9-5-6-10-12/h3-4,7-8,12H,1,5-6,9-10H2,2H3/b8-4-,11-7+. The summed E-state index contributed by atoms with van der Waals surface area (Å²) in [6, 6.07) is 0. The minimum absolute atomic E-state index is 0.289. The summed E-state index contributed by atoms with van der Waals surface area (Å²) in [5.41, 5.74) is 1.28. The van der Waals surface area contributed by atoms with E-state index in [4.69, 9.17) is 5.11 Å². The van der Waals surface area contributed by atoms with Crippen LogP contribution in [0.2, 0.25) is 0 Å². The van der Waals surface area contributed by atoms with E-state index in [0.29, 0.717) is 0 Å². The van der Waals surface area contributed by atoms with Gasteiger partial charge in [0.1, 0.15) is 0 Å². The minimum atomic E-state index is 0.289. The molecule has 0 atom stereocenters. The average Bonchev–Trinajstić information content (AvgIpc) is 2.06. The molecule has 0 spiro atoms. The molecule has 0 heterocycles. The maximum absolute atomic E-state index is 8.58. The van der Waals surface area contributed by atoms with E-state index in [-0.39, 0.29) is 6.61 Å². The summed E-state index contributed by atoms with van der Waals surface area (Å²) >= 11 is 0. The molecule has 0 saturated heterocycles. The third kappa shape index (κ3) is 5.93. The van der Waals surface area contributed by atoms with Gasteiger partial charge in [-0.3, -0.25) is 0 Å². The summed E-state index contributed by atoms with van der Waals surface area (Å²) in [7, 11) is 0. The topological polar surface area (TPSA) is 20.2 Å². The Kier molecular flexibility index (Phi) is 7.71. The first-order valence-corrected chi connectivity index (χ1v) is 4.40. The molecule has 0 unspecified atom stereocenters. The number of rotatable bonds is 6. The molecule has 0 aromatic heterocycles. The molecule has 0 radical (unpaired) electrons. The van der Waals surface area contributed by atoms with Crippen molar-refractivity contribution in [1.29, 1.82) is 0 Å². The Hall–Kier alpha value is -0.820. The predicted molar refractivity (Wildman–Crippen MR) is 54.0 cm³/mol. The normalized spacial score (nSPS) is 12.3. The summed E-state index contributed by atoms with van der Waals surface area (Å²) in [6.45, 7) is 5.94. The van der Waals surface area contributed by atoms with Gasteiger partial charge in [0.15, 0.2) is 0 Å². The number of aliphatic hydroxyl groups is 1. The van der Waals surface area contributed by atoms with Crippen molar-refractivity contribution in [3.63, 3.8) is 0 Å². The molecule has 0 saturated carbocycles. The fourth-order valence-electron chi connectivity index (χ4n) is 1.03. The van der Waals surface area contributed by atoms with Crippen molar-refractivity contribution in [2.24, 2.45) is 0 Å². The summed E-state index contributed by atoms with van der Waals surface area (Å²) in [5, 5.41) is 8.58. The van der Waals surface area contributed by atoms with Gasteiger partial charge in [-0.05, 0) is 31.8 Å². The molecule has 1 heteroatoms. The summed E-state index contributed by atoms with van der Waals surface area (Å²) in [6.07, 6.45) is 10.9. The molecule has 0 amide bonds. The zero-order valence-corrected chi connectivity index (χ0v) is 7.79. The van der Waals surface area contributed by atoms with Gasteiger partial charge >= 0.3 is 0 Å². The van der Waals surface area contributed by atoms with Crippen LogP contribution in [0.25, 0.3) is 0 Å². The molecule has 0 aliphatic carbocycles. The second-order valence-corrected chi connectivity index (χ2v) is 2.66. The highest BCUT2D eigenvalue weighted by Crippen LogP contribution is 2.08. The van der Waals surface area contributed by atoms with E-state index in [0.717, 1.165) is 19.3 Å². The molecule has 12 heavy (non-hydrogen) atoms. The molecule has 0 aromatic carbocycles.